The van der Waals surface area contributed by atoms with E-state index in [1.165, 1.54) is 0 Å². The molecule has 0 aliphatic rings. The Morgan fingerprint density at radius 3 is 1.54 bits per heavy atom. The molecular weight excluding hydrogens is 560 g/mol. The molecule has 216 valence electrons. The first-order valence-corrected chi connectivity index (χ1v) is 15.6. The van der Waals surface area contributed by atoms with Crippen molar-refractivity contribution in [2.75, 3.05) is 0 Å². The number of furan rings is 2. The number of para-hydroxylation sites is 2. The van der Waals surface area contributed by atoms with Gasteiger partial charge in [-0.25, -0.2) is 0 Å². The van der Waals surface area contributed by atoms with Gasteiger partial charge in [0.15, 0.2) is 0 Å². The summed E-state index contributed by atoms with van der Waals surface area (Å²) in [4.78, 5) is 0. The van der Waals surface area contributed by atoms with Crippen LogP contribution < -0.4 is 0 Å². The van der Waals surface area contributed by atoms with Gasteiger partial charge >= 0.3 is 0 Å². The van der Waals surface area contributed by atoms with Gasteiger partial charge in [0.2, 0.25) is 0 Å². The van der Waals surface area contributed by atoms with Gasteiger partial charge in [0, 0.05) is 38.2 Å². The van der Waals surface area contributed by atoms with Gasteiger partial charge in [-0.05, 0) is 33.9 Å². The number of hydrogen-bond acceptors (Lipinski definition) is 2. The second-order valence-corrected chi connectivity index (χ2v) is 11.6. The van der Waals surface area contributed by atoms with Crippen LogP contribution in [0.15, 0.2) is 179 Å². The van der Waals surface area contributed by atoms with Crippen molar-refractivity contribution in [3.8, 4) is 56.0 Å². The molecule has 0 unspecified atom stereocenters. The molecule has 0 N–H and O–H groups in total. The van der Waals surface area contributed by atoms with Crippen LogP contribution in [0.25, 0.3) is 88.7 Å². The second kappa shape index (κ2) is 10.8. The molecule has 2 aromatic heterocycles. The molecule has 0 spiro atoms. The number of rotatable bonds is 5. The lowest BCUT2D eigenvalue weighted by Crippen LogP contribution is -1.90. The average molecular weight is 589 g/mol. The zero-order valence-electron chi connectivity index (χ0n) is 25.0. The van der Waals surface area contributed by atoms with E-state index in [4.69, 9.17) is 8.83 Å². The van der Waals surface area contributed by atoms with Gasteiger partial charge in [-0.2, -0.15) is 0 Å². The van der Waals surface area contributed by atoms with Crippen molar-refractivity contribution in [2.45, 2.75) is 0 Å². The first-order chi connectivity index (χ1) is 22.8. The van der Waals surface area contributed by atoms with Crippen molar-refractivity contribution in [1.82, 2.24) is 0 Å². The zero-order chi connectivity index (χ0) is 30.5. The summed E-state index contributed by atoms with van der Waals surface area (Å²) >= 11 is 0. The van der Waals surface area contributed by atoms with E-state index < -0.39 is 0 Å². The van der Waals surface area contributed by atoms with E-state index in [2.05, 4.69) is 158 Å². The van der Waals surface area contributed by atoms with Crippen LogP contribution in [0, 0.1) is 0 Å². The molecule has 0 fully saturated rings. The lowest BCUT2D eigenvalue weighted by atomic mass is 9.88. The molecule has 0 bridgehead atoms. The SMILES string of the molecule is c1ccc(-c2ccccc2-c2oc(-c3c(-c4ccccc4)cccc3-c3cccc4c3oc3ccccc34)c3ccccc23)cc1. The van der Waals surface area contributed by atoms with Crippen molar-refractivity contribution in [2.24, 2.45) is 0 Å². The van der Waals surface area contributed by atoms with Crippen molar-refractivity contribution in [3.63, 3.8) is 0 Å². The largest absolute Gasteiger partial charge is 0.455 e. The quantitative estimate of drug-likeness (QED) is 0.200. The van der Waals surface area contributed by atoms with Crippen LogP contribution in [0.2, 0.25) is 0 Å². The molecule has 0 amide bonds. The Labute approximate surface area is 266 Å². The van der Waals surface area contributed by atoms with Crippen molar-refractivity contribution in [3.05, 3.63) is 170 Å². The third kappa shape index (κ3) is 4.19. The summed E-state index contributed by atoms with van der Waals surface area (Å²) in [6, 6.07) is 59.4. The van der Waals surface area contributed by atoms with Gasteiger partial charge in [-0.15, -0.1) is 0 Å². The summed E-state index contributed by atoms with van der Waals surface area (Å²) in [5.74, 6) is 1.71. The molecule has 0 aliphatic carbocycles. The van der Waals surface area contributed by atoms with Crippen LogP contribution in [0.1, 0.15) is 0 Å². The van der Waals surface area contributed by atoms with Gasteiger partial charge in [-0.3, -0.25) is 0 Å². The van der Waals surface area contributed by atoms with Gasteiger partial charge in [0.05, 0.1) is 0 Å². The normalized spacial score (nSPS) is 11.5. The minimum absolute atomic E-state index is 0.844. The Kier molecular flexibility index (Phi) is 6.17. The highest BCUT2D eigenvalue weighted by Gasteiger charge is 2.25. The third-order valence-electron chi connectivity index (χ3n) is 8.95. The fraction of sp³-hybridized carbons (Fsp3) is 0. The maximum atomic E-state index is 7.16. The van der Waals surface area contributed by atoms with E-state index in [0.717, 1.165) is 88.7 Å². The summed E-state index contributed by atoms with van der Waals surface area (Å²) in [5, 5.41) is 4.37. The standard InChI is InChI=1S/C44H28O2/c1-3-15-29(16-4-1)31-19-7-8-21-35(31)43-38-22-9-10-23-39(38)44(46-43)41-32(30-17-5-2-6-18-30)24-13-25-34(41)37-27-14-26-36-33-20-11-12-28-40(33)45-42(36)37/h1-28H. The van der Waals surface area contributed by atoms with Gasteiger partial charge in [-0.1, -0.05) is 164 Å². The molecule has 0 aliphatic heterocycles. The Balaban J connectivity index is 1.37. The molecule has 0 saturated carbocycles. The number of fused-ring (bicyclic) bond motifs is 4. The molecule has 0 radical (unpaired) electrons. The lowest BCUT2D eigenvalue weighted by Gasteiger charge is -2.15. The maximum absolute atomic E-state index is 7.16. The van der Waals surface area contributed by atoms with Crippen LogP contribution in [-0.4, -0.2) is 0 Å². The van der Waals surface area contributed by atoms with Gasteiger partial charge in [0.25, 0.3) is 0 Å². The van der Waals surface area contributed by atoms with Crippen LogP contribution in [0.3, 0.4) is 0 Å². The Morgan fingerprint density at radius 2 is 0.783 bits per heavy atom. The Morgan fingerprint density at radius 1 is 0.283 bits per heavy atom. The third-order valence-corrected chi connectivity index (χ3v) is 8.95. The van der Waals surface area contributed by atoms with Crippen molar-refractivity contribution in [1.29, 1.82) is 0 Å². The molecule has 9 aromatic rings. The topological polar surface area (TPSA) is 26.3 Å². The second-order valence-electron chi connectivity index (χ2n) is 11.6. The highest BCUT2D eigenvalue weighted by molar-refractivity contribution is 6.13. The molecule has 7 aromatic carbocycles. The van der Waals surface area contributed by atoms with E-state index in [1.807, 2.05) is 12.1 Å². The average Bonchev–Trinajstić information content (AvgIpc) is 3.71. The predicted molar refractivity (Wildman–Crippen MR) is 191 cm³/mol. The van der Waals surface area contributed by atoms with Crippen LogP contribution in [0.4, 0.5) is 0 Å². The van der Waals surface area contributed by atoms with E-state index in [1.54, 1.807) is 0 Å². The van der Waals surface area contributed by atoms with E-state index in [-0.39, 0.29) is 0 Å². The highest BCUT2D eigenvalue weighted by atomic mass is 16.3. The van der Waals surface area contributed by atoms with Gasteiger partial charge in [0.1, 0.15) is 22.7 Å². The lowest BCUT2D eigenvalue weighted by molar-refractivity contribution is 0.602. The smallest absolute Gasteiger partial charge is 0.143 e. The first kappa shape index (κ1) is 26.3. The summed E-state index contributed by atoms with van der Waals surface area (Å²) in [6.45, 7) is 0. The van der Waals surface area contributed by atoms with Crippen LogP contribution >= 0.6 is 0 Å². The fourth-order valence-electron chi connectivity index (χ4n) is 6.87. The van der Waals surface area contributed by atoms with Crippen LogP contribution in [0.5, 0.6) is 0 Å². The molecule has 2 nitrogen and oxygen atoms in total. The summed E-state index contributed by atoms with van der Waals surface area (Å²) in [6.07, 6.45) is 0. The van der Waals surface area contributed by atoms with Crippen molar-refractivity contribution < 1.29 is 8.83 Å². The summed E-state index contributed by atoms with van der Waals surface area (Å²) in [7, 11) is 0. The Hall–Kier alpha value is -6.12. The molecule has 0 saturated heterocycles. The Bertz CT molecular complexity index is 2520. The summed E-state index contributed by atoms with van der Waals surface area (Å²) < 4.78 is 13.7. The maximum Gasteiger partial charge on any atom is 0.143 e. The van der Waals surface area contributed by atoms with E-state index in [0.29, 0.717) is 0 Å². The molecule has 0 atom stereocenters. The van der Waals surface area contributed by atoms with E-state index in [9.17, 15) is 0 Å². The van der Waals surface area contributed by atoms with Gasteiger partial charge < -0.3 is 8.83 Å². The number of benzene rings is 7. The van der Waals surface area contributed by atoms with Crippen LogP contribution in [-0.2, 0) is 0 Å². The fourth-order valence-corrected chi connectivity index (χ4v) is 6.87. The minimum Gasteiger partial charge on any atom is -0.455 e. The minimum atomic E-state index is 0.844. The molecule has 46 heavy (non-hydrogen) atoms. The first-order valence-electron chi connectivity index (χ1n) is 15.6. The molecule has 9 rings (SSSR count). The zero-order valence-corrected chi connectivity index (χ0v) is 25.0. The monoisotopic (exact) mass is 588 g/mol. The molecular formula is C44H28O2. The predicted octanol–water partition coefficient (Wildman–Crippen LogP) is 12.7. The molecule has 2 heteroatoms. The number of hydrogen-bond donors (Lipinski definition) is 0. The highest BCUT2D eigenvalue weighted by Crippen LogP contribution is 2.49. The molecule has 2 heterocycles. The van der Waals surface area contributed by atoms with Crippen molar-refractivity contribution >= 4 is 32.7 Å². The summed E-state index contributed by atoms with van der Waals surface area (Å²) in [5.41, 5.74) is 10.5. The van der Waals surface area contributed by atoms with E-state index >= 15 is 0 Å².